The molecule has 3 N–H and O–H groups in total. The molecule has 4 rings (SSSR count). The van der Waals surface area contributed by atoms with E-state index in [1.165, 1.54) is 12.3 Å². The van der Waals surface area contributed by atoms with Gasteiger partial charge in [-0.25, -0.2) is 32.1 Å². The van der Waals surface area contributed by atoms with Crippen molar-refractivity contribution in [2.24, 2.45) is 11.1 Å². The smallest absolute Gasteiger partial charge is 0.335 e. The average Bonchev–Trinajstić information content (AvgIpc) is 3.54. The number of likely N-dealkylation sites (tertiary alicyclic amines) is 1. The molecule has 1 saturated heterocycles. The number of pyridine rings is 1. The molecule has 1 aromatic heterocycles. The molecule has 8 nitrogen and oxygen atoms in total. The zero-order chi connectivity index (χ0) is 23.1. The Morgan fingerprint density at radius 1 is 1.28 bits per heavy atom. The molecule has 1 unspecified atom stereocenters. The van der Waals surface area contributed by atoms with Gasteiger partial charge in [-0.2, -0.15) is 0 Å². The van der Waals surface area contributed by atoms with Gasteiger partial charge < -0.3 is 10.0 Å². The molecule has 174 valence electrons. The van der Waals surface area contributed by atoms with Gasteiger partial charge in [0.2, 0.25) is 5.92 Å². The fraction of sp³-hybridized carbons (Fsp3) is 0.524. The van der Waals surface area contributed by atoms with Crippen molar-refractivity contribution < 1.29 is 27.1 Å². The van der Waals surface area contributed by atoms with Crippen LogP contribution in [0.15, 0.2) is 46.8 Å². The lowest BCUT2D eigenvalue weighted by atomic mass is 9.98. The van der Waals surface area contributed by atoms with Crippen LogP contribution in [0.4, 0.5) is 14.5 Å². The number of aliphatic carboxylic acids is 1. The fourth-order valence-corrected chi connectivity index (χ4v) is 4.78. The van der Waals surface area contributed by atoms with Crippen LogP contribution in [0, 0.1) is 5.92 Å². The maximum absolute atomic E-state index is 14.0. The number of nitrogens with two attached hydrogens (primary N) is 1. The summed E-state index contributed by atoms with van der Waals surface area (Å²) >= 11 is 0. The number of sulfonamides is 1. The number of carboxylic acids is 1. The quantitative estimate of drug-likeness (QED) is 0.659. The summed E-state index contributed by atoms with van der Waals surface area (Å²) in [5.41, 5.74) is 1.25. The molecule has 1 saturated carbocycles. The second-order valence-electron chi connectivity index (χ2n) is 8.68. The summed E-state index contributed by atoms with van der Waals surface area (Å²) in [4.78, 5) is 19.4. The minimum absolute atomic E-state index is 0.0116. The number of carbonyl (C=O) groups is 1. The van der Waals surface area contributed by atoms with Crippen molar-refractivity contribution in [1.82, 2.24) is 9.88 Å². The Kier molecular flexibility index (Phi) is 6.08. The van der Waals surface area contributed by atoms with Crippen LogP contribution in [0.25, 0.3) is 0 Å². The van der Waals surface area contributed by atoms with E-state index in [1.54, 1.807) is 28.1 Å². The normalized spacial score (nSPS) is 24.5. The summed E-state index contributed by atoms with van der Waals surface area (Å²) in [6, 6.07) is 2.84. The Morgan fingerprint density at radius 3 is 2.69 bits per heavy atom. The van der Waals surface area contributed by atoms with Gasteiger partial charge in [0.1, 0.15) is 6.17 Å². The van der Waals surface area contributed by atoms with Crippen LogP contribution in [0.5, 0.6) is 0 Å². The Balaban J connectivity index is 1.77. The zero-order valence-electron chi connectivity index (χ0n) is 17.5. The SMILES string of the molecule is NS(=O)(=O)c1cc(N2C=C(CC3CC3)C=C(C(=O)O)C2N2CCCC(F)(F)CC2)ccn1. The number of aromatic nitrogens is 1. The third-order valence-electron chi connectivity index (χ3n) is 6.06. The number of carboxylic acid groups (broad SMARTS) is 1. The molecule has 2 aliphatic heterocycles. The van der Waals surface area contributed by atoms with E-state index >= 15 is 0 Å². The van der Waals surface area contributed by atoms with E-state index in [1.807, 2.05) is 0 Å². The zero-order valence-corrected chi connectivity index (χ0v) is 18.3. The van der Waals surface area contributed by atoms with E-state index in [2.05, 4.69) is 4.98 Å². The summed E-state index contributed by atoms with van der Waals surface area (Å²) in [5, 5.41) is 14.9. The molecule has 11 heteroatoms. The topological polar surface area (TPSA) is 117 Å². The third-order valence-corrected chi connectivity index (χ3v) is 6.87. The van der Waals surface area contributed by atoms with Gasteiger partial charge in [0.25, 0.3) is 10.0 Å². The van der Waals surface area contributed by atoms with Gasteiger partial charge in [0.15, 0.2) is 5.03 Å². The molecule has 0 spiro atoms. The highest BCUT2D eigenvalue weighted by Gasteiger charge is 2.40. The minimum atomic E-state index is -4.08. The molecule has 0 bridgehead atoms. The van der Waals surface area contributed by atoms with E-state index in [0.29, 0.717) is 24.6 Å². The molecular weight excluding hydrogens is 442 g/mol. The van der Waals surface area contributed by atoms with Crippen molar-refractivity contribution in [3.8, 4) is 0 Å². The Bertz CT molecular complexity index is 1070. The molecule has 0 amide bonds. The average molecular weight is 469 g/mol. The van der Waals surface area contributed by atoms with Crippen LogP contribution >= 0.6 is 0 Å². The molecule has 0 radical (unpaired) electrons. The summed E-state index contributed by atoms with van der Waals surface area (Å²) in [5.74, 6) is -3.45. The molecule has 3 aliphatic rings. The first-order valence-electron chi connectivity index (χ1n) is 10.6. The lowest BCUT2D eigenvalue weighted by molar-refractivity contribution is -0.133. The number of rotatable bonds is 6. The summed E-state index contributed by atoms with van der Waals surface area (Å²) < 4.78 is 51.7. The van der Waals surface area contributed by atoms with Crippen molar-refractivity contribution in [3.05, 3.63) is 41.8 Å². The number of hydrogen-bond acceptors (Lipinski definition) is 6. The second-order valence-corrected chi connectivity index (χ2v) is 10.2. The Morgan fingerprint density at radius 2 is 2.03 bits per heavy atom. The first-order valence-corrected chi connectivity index (χ1v) is 12.1. The van der Waals surface area contributed by atoms with Crippen LogP contribution in [0.1, 0.15) is 38.5 Å². The molecule has 1 atom stereocenters. The van der Waals surface area contributed by atoms with Crippen molar-refractivity contribution in [2.45, 2.75) is 55.6 Å². The van der Waals surface area contributed by atoms with Crippen molar-refractivity contribution >= 4 is 21.7 Å². The number of allylic oxidation sites excluding steroid dienone is 2. The molecule has 2 fully saturated rings. The molecule has 1 aromatic rings. The molecule has 0 aromatic carbocycles. The number of alkyl halides is 2. The Labute approximate surface area is 185 Å². The monoisotopic (exact) mass is 468 g/mol. The van der Waals surface area contributed by atoms with E-state index < -0.39 is 28.1 Å². The number of nitrogens with zero attached hydrogens (tertiary/aromatic N) is 3. The molecule has 1 aliphatic carbocycles. The standard InChI is InChI=1S/C21H26F2N4O4S/c22-21(23)5-1-8-26(9-6-21)19-17(20(28)29)11-15(10-14-2-3-14)13-27(19)16-4-7-25-18(12-16)32(24,30)31/h4,7,11-14,19H,1-3,5-6,8-10H2,(H,28,29)(H2,24,30,31). The largest absolute Gasteiger partial charge is 0.478 e. The number of primary sulfonamides is 1. The van der Waals surface area contributed by atoms with Crippen molar-refractivity contribution in [2.75, 3.05) is 18.0 Å². The lowest BCUT2D eigenvalue weighted by Gasteiger charge is -2.41. The van der Waals surface area contributed by atoms with Crippen LogP contribution in [0.3, 0.4) is 0 Å². The van der Waals surface area contributed by atoms with E-state index in [0.717, 1.165) is 18.4 Å². The lowest BCUT2D eigenvalue weighted by Crippen LogP contribution is -2.51. The van der Waals surface area contributed by atoms with E-state index in [9.17, 15) is 27.1 Å². The predicted octanol–water partition coefficient (Wildman–Crippen LogP) is 2.69. The summed E-state index contributed by atoms with van der Waals surface area (Å²) in [7, 11) is -4.08. The van der Waals surface area contributed by atoms with Gasteiger partial charge >= 0.3 is 5.97 Å². The van der Waals surface area contributed by atoms with Crippen LogP contribution < -0.4 is 10.0 Å². The van der Waals surface area contributed by atoms with E-state index in [-0.39, 0.29) is 36.4 Å². The molecular formula is C21H26F2N4O4S. The van der Waals surface area contributed by atoms with Gasteiger partial charge in [0.05, 0.1) is 5.57 Å². The van der Waals surface area contributed by atoms with Crippen molar-refractivity contribution in [3.63, 3.8) is 0 Å². The van der Waals surface area contributed by atoms with Crippen LogP contribution in [0.2, 0.25) is 0 Å². The van der Waals surface area contributed by atoms with Gasteiger partial charge in [-0.15, -0.1) is 0 Å². The maximum atomic E-state index is 14.0. The van der Waals surface area contributed by atoms with Gasteiger partial charge in [-0.05, 0) is 49.3 Å². The van der Waals surface area contributed by atoms with Crippen LogP contribution in [-0.2, 0) is 14.8 Å². The van der Waals surface area contributed by atoms with Gasteiger partial charge in [-0.3, -0.25) is 4.90 Å². The van der Waals surface area contributed by atoms with E-state index in [4.69, 9.17) is 5.14 Å². The van der Waals surface area contributed by atoms with Gasteiger partial charge in [0, 0.05) is 50.1 Å². The third kappa shape index (κ3) is 5.16. The Hall–Kier alpha value is -2.37. The fourth-order valence-electron chi connectivity index (χ4n) is 4.28. The highest BCUT2D eigenvalue weighted by Crippen LogP contribution is 2.39. The molecule has 32 heavy (non-hydrogen) atoms. The van der Waals surface area contributed by atoms with Crippen LogP contribution in [-0.4, -0.2) is 54.6 Å². The number of halogens is 2. The van der Waals surface area contributed by atoms with Crippen molar-refractivity contribution in [1.29, 1.82) is 0 Å². The first-order chi connectivity index (χ1) is 15.0. The summed E-state index contributed by atoms with van der Waals surface area (Å²) in [6.07, 6.45) is 6.29. The van der Waals surface area contributed by atoms with Gasteiger partial charge in [-0.1, -0.05) is 0 Å². The summed E-state index contributed by atoms with van der Waals surface area (Å²) in [6.45, 7) is 0.304. The minimum Gasteiger partial charge on any atom is -0.478 e. The number of anilines is 1. The highest BCUT2D eigenvalue weighted by atomic mass is 32.2. The highest BCUT2D eigenvalue weighted by molar-refractivity contribution is 7.89. The molecule has 3 heterocycles. The first kappa shape index (κ1) is 22.8. The second kappa shape index (κ2) is 8.53. The predicted molar refractivity (Wildman–Crippen MR) is 113 cm³/mol. The maximum Gasteiger partial charge on any atom is 0.335 e. The number of hydrogen-bond donors (Lipinski definition) is 2.